The number of carbonyl (C=O) groups is 1. The number of nitrogens with zero attached hydrogens (tertiary/aromatic N) is 1. The van der Waals surface area contributed by atoms with E-state index in [1.165, 1.54) is 6.42 Å². The van der Waals surface area contributed by atoms with E-state index >= 15 is 0 Å². The van der Waals surface area contributed by atoms with Crippen LogP contribution in [0.25, 0.3) is 0 Å². The second-order valence-corrected chi connectivity index (χ2v) is 5.75. The van der Waals surface area contributed by atoms with Gasteiger partial charge in [-0.3, -0.25) is 4.79 Å². The second kappa shape index (κ2) is 6.78. The molecule has 3 nitrogen and oxygen atoms in total. The molecule has 0 saturated carbocycles. The van der Waals surface area contributed by atoms with Gasteiger partial charge in [0.2, 0.25) is 0 Å². The fourth-order valence-electron chi connectivity index (χ4n) is 2.80. The molecule has 0 spiro atoms. The average molecular weight is 275 g/mol. The number of aryl methyl sites for hydroxylation is 1. The molecule has 3 heteroatoms. The standard InChI is InChI=1S/C17H25NO2/c1-4-15-9-5-6-10-16(15)20-14(3)17(19)18-11-7-8-13(2)12-18/h5-6,9-10,13-14H,4,7-8,11-12H2,1-3H3/t13-,14+/m1/s1. The molecule has 0 aliphatic carbocycles. The molecule has 0 unspecified atom stereocenters. The molecule has 1 saturated heterocycles. The molecule has 0 aromatic heterocycles. The molecule has 2 atom stereocenters. The van der Waals surface area contributed by atoms with Crippen LogP contribution in [0.2, 0.25) is 0 Å². The van der Waals surface area contributed by atoms with Crippen LogP contribution in [0.5, 0.6) is 5.75 Å². The first-order valence-electron chi connectivity index (χ1n) is 7.65. The fourth-order valence-corrected chi connectivity index (χ4v) is 2.80. The van der Waals surface area contributed by atoms with Crippen molar-refractivity contribution in [1.82, 2.24) is 4.90 Å². The number of amides is 1. The molecule has 1 aromatic rings. The fraction of sp³-hybridized carbons (Fsp3) is 0.588. The van der Waals surface area contributed by atoms with E-state index in [1.807, 2.05) is 30.0 Å². The Balaban J connectivity index is 2.00. The normalized spacial score (nSPS) is 20.6. The van der Waals surface area contributed by atoms with Gasteiger partial charge in [-0.25, -0.2) is 0 Å². The SMILES string of the molecule is CCc1ccccc1O[C@@H](C)C(=O)N1CCC[C@@H](C)C1. The summed E-state index contributed by atoms with van der Waals surface area (Å²) in [7, 11) is 0. The maximum absolute atomic E-state index is 12.4. The van der Waals surface area contributed by atoms with Crippen molar-refractivity contribution in [2.45, 2.75) is 46.1 Å². The van der Waals surface area contributed by atoms with Crippen molar-refractivity contribution in [3.8, 4) is 5.75 Å². The molecule has 1 aliphatic heterocycles. The molecule has 1 aromatic carbocycles. The van der Waals surface area contributed by atoms with Crippen LogP contribution in [-0.4, -0.2) is 30.0 Å². The van der Waals surface area contributed by atoms with Crippen LogP contribution >= 0.6 is 0 Å². The van der Waals surface area contributed by atoms with Crippen LogP contribution < -0.4 is 4.74 Å². The first kappa shape index (κ1) is 14.9. The van der Waals surface area contributed by atoms with E-state index in [-0.39, 0.29) is 5.91 Å². The smallest absolute Gasteiger partial charge is 0.263 e. The highest BCUT2D eigenvalue weighted by Crippen LogP contribution is 2.21. The first-order valence-corrected chi connectivity index (χ1v) is 7.65. The molecule has 2 rings (SSSR count). The lowest BCUT2D eigenvalue weighted by molar-refractivity contribution is -0.139. The van der Waals surface area contributed by atoms with Gasteiger partial charge in [-0.05, 0) is 43.7 Å². The van der Waals surface area contributed by atoms with Gasteiger partial charge in [0.25, 0.3) is 5.91 Å². The first-order chi connectivity index (χ1) is 9.61. The summed E-state index contributed by atoms with van der Waals surface area (Å²) < 4.78 is 5.90. The minimum atomic E-state index is -0.409. The predicted molar refractivity (Wildman–Crippen MR) is 80.9 cm³/mol. The van der Waals surface area contributed by atoms with Crippen molar-refractivity contribution in [3.05, 3.63) is 29.8 Å². The molecule has 20 heavy (non-hydrogen) atoms. The van der Waals surface area contributed by atoms with E-state index < -0.39 is 6.10 Å². The van der Waals surface area contributed by atoms with Crippen LogP contribution in [0, 0.1) is 5.92 Å². The van der Waals surface area contributed by atoms with Gasteiger partial charge < -0.3 is 9.64 Å². The van der Waals surface area contributed by atoms with Gasteiger partial charge >= 0.3 is 0 Å². The highest BCUT2D eigenvalue weighted by atomic mass is 16.5. The summed E-state index contributed by atoms with van der Waals surface area (Å²) in [4.78, 5) is 14.4. The van der Waals surface area contributed by atoms with E-state index in [9.17, 15) is 4.79 Å². The topological polar surface area (TPSA) is 29.5 Å². The van der Waals surface area contributed by atoms with Crippen molar-refractivity contribution < 1.29 is 9.53 Å². The zero-order valence-corrected chi connectivity index (χ0v) is 12.8. The Bertz CT molecular complexity index is 458. The second-order valence-electron chi connectivity index (χ2n) is 5.75. The lowest BCUT2D eigenvalue weighted by Crippen LogP contribution is -2.45. The molecule has 0 N–H and O–H groups in total. The maximum Gasteiger partial charge on any atom is 0.263 e. The molecule has 1 fully saturated rings. The molecular weight excluding hydrogens is 250 g/mol. The lowest BCUT2D eigenvalue weighted by Gasteiger charge is -2.32. The highest BCUT2D eigenvalue weighted by Gasteiger charge is 2.26. The van der Waals surface area contributed by atoms with Gasteiger partial charge in [0.15, 0.2) is 6.10 Å². The maximum atomic E-state index is 12.4. The molecule has 1 heterocycles. The van der Waals surface area contributed by atoms with Gasteiger partial charge in [0, 0.05) is 13.1 Å². The van der Waals surface area contributed by atoms with E-state index in [0.717, 1.165) is 37.2 Å². The third-order valence-corrected chi connectivity index (χ3v) is 3.97. The Morgan fingerprint density at radius 1 is 1.45 bits per heavy atom. The number of benzene rings is 1. The molecular formula is C17H25NO2. The summed E-state index contributed by atoms with van der Waals surface area (Å²) >= 11 is 0. The minimum Gasteiger partial charge on any atom is -0.481 e. The lowest BCUT2D eigenvalue weighted by atomic mass is 10.00. The van der Waals surface area contributed by atoms with Crippen LogP contribution in [0.1, 0.15) is 39.2 Å². The number of likely N-dealkylation sites (tertiary alicyclic amines) is 1. The zero-order valence-electron chi connectivity index (χ0n) is 12.8. The minimum absolute atomic E-state index is 0.113. The number of ether oxygens (including phenoxy) is 1. The van der Waals surface area contributed by atoms with Crippen LogP contribution in [0.4, 0.5) is 0 Å². The van der Waals surface area contributed by atoms with Gasteiger partial charge in [0.1, 0.15) is 5.75 Å². The van der Waals surface area contributed by atoms with E-state index in [1.54, 1.807) is 0 Å². The van der Waals surface area contributed by atoms with Crippen LogP contribution in [0.3, 0.4) is 0 Å². The van der Waals surface area contributed by atoms with Gasteiger partial charge in [-0.1, -0.05) is 32.0 Å². The third kappa shape index (κ3) is 3.53. The van der Waals surface area contributed by atoms with Crippen LogP contribution in [0.15, 0.2) is 24.3 Å². The van der Waals surface area contributed by atoms with E-state index in [2.05, 4.69) is 19.9 Å². The predicted octanol–water partition coefficient (Wildman–Crippen LogP) is 3.27. The molecule has 0 bridgehead atoms. The molecule has 1 aliphatic rings. The molecule has 1 amide bonds. The summed E-state index contributed by atoms with van der Waals surface area (Å²) in [5, 5.41) is 0. The van der Waals surface area contributed by atoms with Crippen molar-refractivity contribution in [1.29, 1.82) is 0 Å². The van der Waals surface area contributed by atoms with Crippen molar-refractivity contribution in [2.75, 3.05) is 13.1 Å². The monoisotopic (exact) mass is 275 g/mol. The van der Waals surface area contributed by atoms with Gasteiger partial charge in [-0.2, -0.15) is 0 Å². The van der Waals surface area contributed by atoms with Gasteiger partial charge in [0.05, 0.1) is 0 Å². The van der Waals surface area contributed by atoms with Gasteiger partial charge in [-0.15, -0.1) is 0 Å². The molecule has 110 valence electrons. The van der Waals surface area contributed by atoms with Crippen molar-refractivity contribution in [3.63, 3.8) is 0 Å². The van der Waals surface area contributed by atoms with E-state index in [0.29, 0.717) is 5.92 Å². The highest BCUT2D eigenvalue weighted by molar-refractivity contribution is 5.81. The van der Waals surface area contributed by atoms with Crippen LogP contribution in [-0.2, 0) is 11.2 Å². The van der Waals surface area contributed by atoms with Crippen molar-refractivity contribution >= 4 is 5.91 Å². The Hall–Kier alpha value is -1.51. The van der Waals surface area contributed by atoms with E-state index in [4.69, 9.17) is 4.74 Å². The summed E-state index contributed by atoms with van der Waals surface area (Å²) in [6.45, 7) is 7.89. The number of rotatable bonds is 4. The number of hydrogen-bond donors (Lipinski definition) is 0. The number of piperidine rings is 1. The Labute approximate surface area is 121 Å². The summed E-state index contributed by atoms with van der Waals surface area (Å²) in [5.41, 5.74) is 1.15. The Morgan fingerprint density at radius 2 is 2.20 bits per heavy atom. The summed E-state index contributed by atoms with van der Waals surface area (Å²) in [6.07, 6.45) is 2.83. The largest absolute Gasteiger partial charge is 0.481 e. The third-order valence-electron chi connectivity index (χ3n) is 3.97. The Kier molecular flexibility index (Phi) is 5.05. The number of hydrogen-bond acceptors (Lipinski definition) is 2. The summed E-state index contributed by atoms with van der Waals surface area (Å²) in [6, 6.07) is 7.95. The quantitative estimate of drug-likeness (QED) is 0.844. The summed E-state index contributed by atoms with van der Waals surface area (Å²) in [5.74, 6) is 1.55. The number of carbonyl (C=O) groups excluding carboxylic acids is 1. The van der Waals surface area contributed by atoms with Crippen molar-refractivity contribution in [2.24, 2.45) is 5.92 Å². The average Bonchev–Trinajstić information content (AvgIpc) is 2.47. The number of para-hydroxylation sites is 1. The zero-order chi connectivity index (χ0) is 14.5. The molecule has 0 radical (unpaired) electrons. The Morgan fingerprint density at radius 3 is 2.90 bits per heavy atom.